The van der Waals surface area contributed by atoms with Crippen LogP contribution in [0.2, 0.25) is 20.9 Å². The molecule has 0 bridgehead atoms. The van der Waals surface area contributed by atoms with Gasteiger partial charge in [0.25, 0.3) is 0 Å². The molecule has 26 heavy (non-hydrogen) atoms. The number of aromatic nitrogens is 8. The molecule has 4 aromatic heterocycles. The van der Waals surface area contributed by atoms with E-state index in [1.165, 1.54) is 0 Å². The van der Waals surface area contributed by atoms with Gasteiger partial charge in [-0.05, 0) is 37.0 Å². The maximum atomic E-state index is 5.89. The summed E-state index contributed by atoms with van der Waals surface area (Å²) >= 11 is 23.0. The van der Waals surface area contributed by atoms with Crippen LogP contribution in [0.25, 0.3) is 22.3 Å². The van der Waals surface area contributed by atoms with Crippen molar-refractivity contribution in [2.75, 3.05) is 0 Å². The fourth-order valence-electron chi connectivity index (χ4n) is 2.27. The Bertz CT molecular complexity index is 1070. The second kappa shape index (κ2) is 7.87. The summed E-state index contributed by atoms with van der Waals surface area (Å²) < 4.78 is 3.72. The Morgan fingerprint density at radius 2 is 1.38 bits per heavy atom. The number of hydrogen-bond acceptors (Lipinski definition) is 6. The number of imidazole rings is 2. The molecule has 8 nitrogen and oxygen atoms in total. The molecule has 0 radical (unpaired) electrons. The highest BCUT2D eigenvalue weighted by molar-refractivity contribution is 6.35. The SMILES string of the molecule is CCn1cnc2c(Cl)nc(Cl)nc21.CCn1cnc2nc(Cl)nc(Cl)c21. The van der Waals surface area contributed by atoms with Crippen molar-refractivity contribution >= 4 is 68.7 Å². The van der Waals surface area contributed by atoms with Crippen LogP contribution in [0.4, 0.5) is 0 Å². The maximum absolute atomic E-state index is 5.89. The summed E-state index contributed by atoms with van der Waals surface area (Å²) in [7, 11) is 0. The van der Waals surface area contributed by atoms with Crippen LogP contribution >= 0.6 is 46.4 Å². The highest BCUT2D eigenvalue weighted by atomic mass is 35.5. The van der Waals surface area contributed by atoms with Gasteiger partial charge >= 0.3 is 0 Å². The van der Waals surface area contributed by atoms with E-state index in [-0.39, 0.29) is 10.6 Å². The van der Waals surface area contributed by atoms with Crippen LogP contribution in [0.3, 0.4) is 0 Å². The first-order valence-electron chi connectivity index (χ1n) is 7.52. The summed E-state index contributed by atoms with van der Waals surface area (Å²) in [5.74, 6) is 0. The van der Waals surface area contributed by atoms with Crippen molar-refractivity contribution in [2.24, 2.45) is 0 Å². The summed E-state index contributed by atoms with van der Waals surface area (Å²) in [5, 5.41) is 0.906. The minimum atomic E-state index is 0.124. The number of rotatable bonds is 2. The molecule has 0 saturated carbocycles. The van der Waals surface area contributed by atoms with E-state index in [1.54, 1.807) is 12.7 Å². The topological polar surface area (TPSA) is 87.2 Å². The number of fused-ring (bicyclic) bond motifs is 2. The third-order valence-corrected chi connectivity index (χ3v) is 4.34. The second-order valence-corrected chi connectivity index (χ2v) is 6.36. The standard InChI is InChI=1S/2C7H6Cl2N4/c1-2-13-3-10-6-4(13)5(8)11-7(9)12-6;1-2-13-3-10-4-5(8)11-7(9)12-6(4)13/h2*3H,2H2,1H3. The summed E-state index contributed by atoms with van der Waals surface area (Å²) in [6.07, 6.45) is 3.34. The lowest BCUT2D eigenvalue weighted by Crippen LogP contribution is -1.94. The van der Waals surface area contributed by atoms with Gasteiger partial charge in [-0.1, -0.05) is 23.2 Å². The zero-order valence-electron chi connectivity index (χ0n) is 13.7. The molecule has 0 aliphatic carbocycles. The number of nitrogens with zero attached hydrogens (tertiary/aromatic N) is 8. The van der Waals surface area contributed by atoms with Gasteiger partial charge in [0.1, 0.15) is 11.0 Å². The van der Waals surface area contributed by atoms with Crippen LogP contribution in [0.1, 0.15) is 13.8 Å². The zero-order chi connectivity index (χ0) is 18.8. The van der Waals surface area contributed by atoms with Gasteiger partial charge in [-0.2, -0.15) is 9.97 Å². The fourth-order valence-corrected chi connectivity index (χ4v) is 3.17. The average Bonchev–Trinajstić information content (AvgIpc) is 3.18. The van der Waals surface area contributed by atoms with E-state index in [2.05, 4.69) is 29.9 Å². The molecule has 0 aliphatic heterocycles. The molecule has 136 valence electrons. The van der Waals surface area contributed by atoms with Crippen LogP contribution in [0.15, 0.2) is 12.7 Å². The lowest BCUT2D eigenvalue weighted by atomic mass is 10.5. The lowest BCUT2D eigenvalue weighted by Gasteiger charge is -1.99. The molecule has 0 atom stereocenters. The van der Waals surface area contributed by atoms with Crippen LogP contribution in [-0.2, 0) is 13.1 Å². The van der Waals surface area contributed by atoms with Gasteiger partial charge in [-0.15, -0.1) is 0 Å². The Morgan fingerprint density at radius 1 is 0.769 bits per heavy atom. The van der Waals surface area contributed by atoms with E-state index in [0.29, 0.717) is 27.1 Å². The Kier molecular flexibility index (Phi) is 5.76. The minimum absolute atomic E-state index is 0.124. The molecular formula is C14H12Cl4N8. The third kappa shape index (κ3) is 3.68. The molecule has 0 saturated heterocycles. The fraction of sp³-hybridized carbons (Fsp3) is 0.286. The molecule has 0 N–H and O–H groups in total. The predicted molar refractivity (Wildman–Crippen MR) is 102 cm³/mol. The van der Waals surface area contributed by atoms with Gasteiger partial charge in [0.05, 0.1) is 12.7 Å². The Hall–Kier alpha value is -1.74. The summed E-state index contributed by atoms with van der Waals surface area (Å²) in [6.45, 7) is 5.54. The van der Waals surface area contributed by atoms with Crippen molar-refractivity contribution < 1.29 is 0 Å². The molecular weight excluding hydrogens is 422 g/mol. The van der Waals surface area contributed by atoms with E-state index in [1.807, 2.05) is 23.0 Å². The van der Waals surface area contributed by atoms with Crippen molar-refractivity contribution in [1.29, 1.82) is 0 Å². The summed E-state index contributed by atoms with van der Waals surface area (Å²) in [6, 6.07) is 0. The molecule has 12 heteroatoms. The van der Waals surface area contributed by atoms with E-state index < -0.39 is 0 Å². The normalized spacial score (nSPS) is 11.0. The highest BCUT2D eigenvalue weighted by Crippen LogP contribution is 2.21. The second-order valence-electron chi connectivity index (χ2n) is 4.97. The molecule has 0 unspecified atom stereocenters. The van der Waals surface area contributed by atoms with Gasteiger partial charge in [-0.3, -0.25) is 0 Å². The first-order valence-corrected chi connectivity index (χ1v) is 9.03. The minimum Gasteiger partial charge on any atom is -0.327 e. The van der Waals surface area contributed by atoms with Crippen molar-refractivity contribution in [3.05, 3.63) is 33.5 Å². The molecule has 4 heterocycles. The van der Waals surface area contributed by atoms with Crippen molar-refractivity contribution in [1.82, 2.24) is 39.0 Å². The monoisotopic (exact) mass is 432 g/mol. The largest absolute Gasteiger partial charge is 0.327 e. The molecule has 0 amide bonds. The third-order valence-electron chi connectivity index (χ3n) is 3.48. The predicted octanol–water partition coefficient (Wildman–Crippen LogP) is 4.31. The highest BCUT2D eigenvalue weighted by Gasteiger charge is 2.10. The van der Waals surface area contributed by atoms with Crippen LogP contribution in [-0.4, -0.2) is 39.0 Å². The van der Waals surface area contributed by atoms with Crippen LogP contribution in [0.5, 0.6) is 0 Å². The van der Waals surface area contributed by atoms with E-state index in [4.69, 9.17) is 46.4 Å². The van der Waals surface area contributed by atoms with Gasteiger partial charge in [0, 0.05) is 13.1 Å². The maximum Gasteiger partial charge on any atom is 0.225 e. The smallest absolute Gasteiger partial charge is 0.225 e. The molecule has 4 aromatic rings. The number of halogens is 4. The van der Waals surface area contributed by atoms with Crippen LogP contribution in [0, 0.1) is 0 Å². The molecule has 0 aliphatic rings. The Morgan fingerprint density at radius 3 is 2.08 bits per heavy atom. The molecule has 0 fully saturated rings. The van der Waals surface area contributed by atoms with Gasteiger partial charge < -0.3 is 9.13 Å². The van der Waals surface area contributed by atoms with Crippen molar-refractivity contribution in [2.45, 2.75) is 26.9 Å². The van der Waals surface area contributed by atoms with Gasteiger partial charge in [0.2, 0.25) is 10.6 Å². The number of hydrogen-bond donors (Lipinski definition) is 0. The van der Waals surface area contributed by atoms with E-state index in [9.17, 15) is 0 Å². The first-order chi connectivity index (χ1) is 12.4. The van der Waals surface area contributed by atoms with E-state index >= 15 is 0 Å². The van der Waals surface area contributed by atoms with Crippen molar-refractivity contribution in [3.63, 3.8) is 0 Å². The average molecular weight is 434 g/mol. The van der Waals surface area contributed by atoms with Gasteiger partial charge in [-0.25, -0.2) is 19.9 Å². The summed E-state index contributed by atoms with van der Waals surface area (Å²) in [5.41, 5.74) is 2.53. The Balaban J connectivity index is 0.000000151. The van der Waals surface area contributed by atoms with Crippen LogP contribution < -0.4 is 0 Å². The molecule has 0 aromatic carbocycles. The molecule has 4 rings (SSSR count). The molecule has 0 spiro atoms. The first kappa shape index (κ1) is 19.0. The zero-order valence-corrected chi connectivity index (χ0v) is 16.7. The Labute approximate surface area is 168 Å². The van der Waals surface area contributed by atoms with E-state index in [0.717, 1.165) is 18.6 Å². The van der Waals surface area contributed by atoms with Crippen molar-refractivity contribution in [3.8, 4) is 0 Å². The lowest BCUT2D eigenvalue weighted by molar-refractivity contribution is 0.777. The summed E-state index contributed by atoms with van der Waals surface area (Å²) in [4.78, 5) is 23.7. The quantitative estimate of drug-likeness (QED) is 0.345. The van der Waals surface area contributed by atoms with Gasteiger partial charge in [0.15, 0.2) is 21.6 Å². The number of aryl methyl sites for hydroxylation is 2.